The third kappa shape index (κ3) is 12.1. The van der Waals surface area contributed by atoms with Crippen molar-refractivity contribution in [3.8, 4) is 11.8 Å². The van der Waals surface area contributed by atoms with Gasteiger partial charge in [-0.15, -0.1) is 0 Å². The molecule has 2 aromatic heterocycles. The van der Waals surface area contributed by atoms with Gasteiger partial charge in [0.05, 0.1) is 15.8 Å². The van der Waals surface area contributed by atoms with Crippen molar-refractivity contribution in [1.82, 2.24) is 9.97 Å². The predicted molar refractivity (Wildman–Crippen MR) is 228 cm³/mol. The molecule has 0 aliphatic heterocycles. The molecule has 0 unspecified atom stereocenters. The molecular formula is C48H40N2P2Pt+2. The van der Waals surface area contributed by atoms with Crippen LogP contribution in [0.4, 0.5) is 0 Å². The number of benzene rings is 6. The van der Waals surface area contributed by atoms with Gasteiger partial charge in [0, 0.05) is 33.5 Å². The fourth-order valence-corrected chi connectivity index (χ4v) is 10.8. The van der Waals surface area contributed by atoms with E-state index in [2.05, 4.69) is 204 Å². The van der Waals surface area contributed by atoms with Gasteiger partial charge >= 0.3 is 0 Å². The van der Waals surface area contributed by atoms with E-state index in [1.54, 1.807) is 12.4 Å². The van der Waals surface area contributed by atoms with Crippen molar-refractivity contribution < 1.29 is 21.1 Å². The Balaban J connectivity index is 0.000000154. The second-order valence-electron chi connectivity index (χ2n) is 11.6. The number of hydrogen-bond donors (Lipinski definition) is 0. The van der Waals surface area contributed by atoms with Gasteiger partial charge in [-0.05, 0) is 109 Å². The monoisotopic (exact) mass is 901 g/mol. The summed E-state index contributed by atoms with van der Waals surface area (Å²) in [7, 11) is -1.75. The Morgan fingerprint density at radius 3 is 0.660 bits per heavy atom. The first kappa shape index (κ1) is 38.9. The van der Waals surface area contributed by atoms with Gasteiger partial charge in [0.1, 0.15) is 43.2 Å². The summed E-state index contributed by atoms with van der Waals surface area (Å²) in [6, 6.07) is 76.3. The zero-order chi connectivity index (χ0) is 35.5. The topological polar surface area (TPSA) is 25.8 Å². The fraction of sp³-hybridized carbons (Fsp3) is 0. The summed E-state index contributed by atoms with van der Waals surface area (Å²) >= 11 is 0. The van der Waals surface area contributed by atoms with Crippen LogP contribution in [0.3, 0.4) is 0 Å². The first-order valence-electron chi connectivity index (χ1n) is 17.3. The maximum Gasteiger partial charge on any atom is 0.113 e. The van der Waals surface area contributed by atoms with Crippen LogP contribution in [0.5, 0.6) is 0 Å². The van der Waals surface area contributed by atoms with E-state index < -0.39 is 15.8 Å². The van der Waals surface area contributed by atoms with Gasteiger partial charge in [0.2, 0.25) is 0 Å². The van der Waals surface area contributed by atoms with E-state index in [1.165, 1.54) is 31.8 Å². The zero-order valence-electron chi connectivity index (χ0n) is 29.1. The summed E-state index contributed by atoms with van der Waals surface area (Å²) in [6.07, 6.45) is 3.45. The van der Waals surface area contributed by atoms with Gasteiger partial charge < -0.3 is 0 Å². The zero-order valence-corrected chi connectivity index (χ0v) is 33.4. The van der Waals surface area contributed by atoms with Gasteiger partial charge in [-0.25, -0.2) is 9.97 Å². The third-order valence-corrected chi connectivity index (χ3v) is 13.5. The number of pyridine rings is 2. The van der Waals surface area contributed by atoms with Crippen molar-refractivity contribution in [2.24, 2.45) is 0 Å². The SMILES string of the molecule is C(#Cc1ccccn1)c1ccccn1.[Pt].c1ccc([PH+](c2ccccc2)c2ccccc2)cc1.c1ccc([PH+](c2ccccc2)c2ccccc2)cc1. The van der Waals surface area contributed by atoms with Crippen molar-refractivity contribution in [3.05, 3.63) is 242 Å². The smallest absolute Gasteiger partial charge is 0.113 e. The van der Waals surface area contributed by atoms with E-state index in [4.69, 9.17) is 0 Å². The Morgan fingerprint density at radius 1 is 0.264 bits per heavy atom. The molecule has 2 heterocycles. The van der Waals surface area contributed by atoms with Crippen LogP contribution in [0, 0.1) is 11.8 Å². The Kier molecular flexibility index (Phi) is 16.1. The maximum atomic E-state index is 4.09. The van der Waals surface area contributed by atoms with Crippen molar-refractivity contribution >= 4 is 47.7 Å². The molecule has 0 amide bonds. The standard InChI is InChI=1S/2C18H15P.C12H8N2.Pt/c2*1-4-10-16(11-5-1)19(17-12-6-2-7-13-17)18-14-8-3-9-15-18;1-3-9-13-11(5-1)7-8-12-6-2-4-10-14-12;/h2*1-15H;1-6,9-10H;/p+2. The normalized spacial score (nSPS) is 9.92. The van der Waals surface area contributed by atoms with Gasteiger partial charge in [0.25, 0.3) is 0 Å². The van der Waals surface area contributed by atoms with E-state index in [-0.39, 0.29) is 21.1 Å². The van der Waals surface area contributed by atoms with Crippen LogP contribution in [0.15, 0.2) is 231 Å². The summed E-state index contributed by atoms with van der Waals surface area (Å²) in [5, 5.41) is 8.61. The molecule has 0 aliphatic rings. The third-order valence-electron chi connectivity index (χ3n) is 8.02. The van der Waals surface area contributed by atoms with Gasteiger partial charge in [-0.1, -0.05) is 121 Å². The predicted octanol–water partition coefficient (Wildman–Crippen LogP) is 8.23. The van der Waals surface area contributed by atoms with Crippen LogP contribution >= 0.6 is 15.8 Å². The first-order valence-corrected chi connectivity index (χ1v) is 20.3. The molecule has 53 heavy (non-hydrogen) atoms. The van der Waals surface area contributed by atoms with E-state index in [0.29, 0.717) is 0 Å². The first-order chi connectivity index (χ1) is 25.8. The Labute approximate surface area is 330 Å². The molecule has 0 fully saturated rings. The second kappa shape index (κ2) is 21.9. The van der Waals surface area contributed by atoms with E-state index in [1.807, 2.05) is 36.4 Å². The van der Waals surface area contributed by atoms with E-state index in [9.17, 15) is 0 Å². The van der Waals surface area contributed by atoms with Crippen LogP contribution in [0.1, 0.15) is 11.4 Å². The van der Waals surface area contributed by atoms with Crippen LogP contribution < -0.4 is 31.8 Å². The van der Waals surface area contributed by atoms with Crippen LogP contribution in [0.25, 0.3) is 0 Å². The molecule has 6 aromatic carbocycles. The van der Waals surface area contributed by atoms with E-state index in [0.717, 1.165) is 11.4 Å². The summed E-state index contributed by atoms with van der Waals surface area (Å²) in [5.41, 5.74) is 1.52. The summed E-state index contributed by atoms with van der Waals surface area (Å²) < 4.78 is 0. The number of rotatable bonds is 6. The molecule has 5 heteroatoms. The Morgan fingerprint density at radius 2 is 0.472 bits per heavy atom. The summed E-state index contributed by atoms with van der Waals surface area (Å²) in [4.78, 5) is 8.18. The molecule has 0 bridgehead atoms. The molecular weight excluding hydrogens is 862 g/mol. The van der Waals surface area contributed by atoms with E-state index >= 15 is 0 Å². The molecule has 0 N–H and O–H groups in total. The molecule has 0 aliphatic carbocycles. The summed E-state index contributed by atoms with van der Waals surface area (Å²) in [6.45, 7) is 0. The number of hydrogen-bond acceptors (Lipinski definition) is 2. The summed E-state index contributed by atoms with van der Waals surface area (Å²) in [5.74, 6) is 5.87. The minimum atomic E-state index is -0.877. The molecule has 0 atom stereocenters. The molecule has 8 rings (SSSR count). The Bertz CT molecular complexity index is 1870. The fourth-order valence-electron chi connectivity index (χ4n) is 5.63. The van der Waals surface area contributed by atoms with Crippen molar-refractivity contribution in [2.45, 2.75) is 0 Å². The minimum Gasteiger partial charge on any atom is -0.248 e. The van der Waals surface area contributed by atoms with Crippen molar-refractivity contribution in [2.75, 3.05) is 0 Å². The quantitative estimate of drug-likeness (QED) is 0.124. The average molecular weight is 902 g/mol. The van der Waals surface area contributed by atoms with Gasteiger partial charge in [-0.2, -0.15) is 0 Å². The molecule has 8 aromatic rings. The molecule has 0 saturated carbocycles. The second-order valence-corrected chi connectivity index (χ2v) is 16.6. The molecule has 0 spiro atoms. The van der Waals surface area contributed by atoms with Crippen LogP contribution in [-0.2, 0) is 21.1 Å². The van der Waals surface area contributed by atoms with Crippen LogP contribution in [0.2, 0.25) is 0 Å². The van der Waals surface area contributed by atoms with Crippen molar-refractivity contribution in [1.29, 1.82) is 0 Å². The molecule has 260 valence electrons. The average Bonchev–Trinajstić information content (AvgIpc) is 3.24. The van der Waals surface area contributed by atoms with Gasteiger partial charge in [0.15, 0.2) is 0 Å². The number of nitrogens with zero attached hydrogens (tertiary/aromatic N) is 2. The van der Waals surface area contributed by atoms with Crippen molar-refractivity contribution in [3.63, 3.8) is 0 Å². The minimum absolute atomic E-state index is 0. The largest absolute Gasteiger partial charge is 0.248 e. The molecule has 0 radical (unpaired) electrons. The number of aromatic nitrogens is 2. The van der Waals surface area contributed by atoms with Gasteiger partial charge in [-0.3, -0.25) is 0 Å². The molecule has 0 saturated heterocycles. The Hall–Kier alpha value is -5.27. The van der Waals surface area contributed by atoms with Crippen LogP contribution in [-0.4, -0.2) is 9.97 Å². The molecule has 2 nitrogen and oxygen atoms in total. The maximum absolute atomic E-state index is 4.09.